The molecule has 0 radical (unpaired) electrons. The fourth-order valence-electron chi connectivity index (χ4n) is 3.75. The van der Waals surface area contributed by atoms with Crippen molar-refractivity contribution in [3.05, 3.63) is 24.0 Å². The van der Waals surface area contributed by atoms with Gasteiger partial charge in [0.2, 0.25) is 0 Å². The van der Waals surface area contributed by atoms with Crippen LogP contribution in [0.1, 0.15) is 37.4 Å². The largest absolute Gasteiger partial charge is 0.506 e. The summed E-state index contributed by atoms with van der Waals surface area (Å²) in [6.45, 7) is 0. The molecule has 1 heterocycles. The number of rotatable bonds is 2. The second-order valence-corrected chi connectivity index (χ2v) is 6.01. The third kappa shape index (κ3) is 1.77. The second-order valence-electron chi connectivity index (χ2n) is 6.01. The lowest BCUT2D eigenvalue weighted by molar-refractivity contribution is 0.372. The minimum absolute atomic E-state index is 0.0709. The lowest BCUT2D eigenvalue weighted by atomic mass is 9.88. The molecular formula is C15H17N3O2. The molecule has 2 bridgehead atoms. The van der Waals surface area contributed by atoms with E-state index in [4.69, 9.17) is 10.3 Å². The van der Waals surface area contributed by atoms with Crippen LogP contribution in [0.4, 0.5) is 5.69 Å². The summed E-state index contributed by atoms with van der Waals surface area (Å²) < 4.78 is 5.37. The van der Waals surface area contributed by atoms with E-state index in [-0.39, 0.29) is 5.75 Å². The SMILES string of the molecule is Nc1cc(-c2nc(C3CC4CCC3C4)no2)ccc1O. The van der Waals surface area contributed by atoms with E-state index in [0.717, 1.165) is 23.2 Å². The molecule has 5 heteroatoms. The lowest BCUT2D eigenvalue weighted by Crippen LogP contribution is -2.09. The highest BCUT2D eigenvalue weighted by molar-refractivity contribution is 5.64. The highest BCUT2D eigenvalue weighted by Crippen LogP contribution is 2.52. The van der Waals surface area contributed by atoms with E-state index in [1.165, 1.54) is 25.7 Å². The summed E-state index contributed by atoms with van der Waals surface area (Å²) in [7, 11) is 0. The van der Waals surface area contributed by atoms with Crippen LogP contribution in [0.15, 0.2) is 22.7 Å². The zero-order valence-electron chi connectivity index (χ0n) is 11.1. The van der Waals surface area contributed by atoms with E-state index < -0.39 is 0 Å². The number of hydrogen-bond donors (Lipinski definition) is 2. The molecule has 0 saturated heterocycles. The molecule has 0 aliphatic heterocycles. The Labute approximate surface area is 116 Å². The minimum Gasteiger partial charge on any atom is -0.506 e. The first-order valence-electron chi connectivity index (χ1n) is 7.13. The Balaban J connectivity index is 1.63. The van der Waals surface area contributed by atoms with Gasteiger partial charge in [-0.2, -0.15) is 4.98 Å². The molecule has 4 rings (SSSR count). The first kappa shape index (κ1) is 11.8. The van der Waals surface area contributed by atoms with Gasteiger partial charge in [-0.05, 0) is 49.3 Å². The van der Waals surface area contributed by atoms with Crippen molar-refractivity contribution in [1.29, 1.82) is 0 Å². The normalized spacial score (nSPS) is 28.1. The first-order chi connectivity index (χ1) is 9.70. The molecular weight excluding hydrogens is 254 g/mol. The molecule has 2 aliphatic rings. The molecule has 2 aromatic rings. The number of anilines is 1. The van der Waals surface area contributed by atoms with E-state index in [1.54, 1.807) is 18.2 Å². The monoisotopic (exact) mass is 271 g/mol. The number of benzene rings is 1. The van der Waals surface area contributed by atoms with Crippen molar-refractivity contribution in [1.82, 2.24) is 10.1 Å². The fraction of sp³-hybridized carbons (Fsp3) is 0.467. The smallest absolute Gasteiger partial charge is 0.258 e. The number of hydrogen-bond acceptors (Lipinski definition) is 5. The van der Waals surface area contributed by atoms with Crippen molar-refractivity contribution in [2.75, 3.05) is 5.73 Å². The number of aromatic nitrogens is 2. The van der Waals surface area contributed by atoms with Crippen molar-refractivity contribution < 1.29 is 9.63 Å². The Morgan fingerprint density at radius 1 is 1.25 bits per heavy atom. The van der Waals surface area contributed by atoms with Gasteiger partial charge < -0.3 is 15.4 Å². The van der Waals surface area contributed by atoms with Crippen LogP contribution < -0.4 is 5.73 Å². The molecule has 20 heavy (non-hydrogen) atoms. The molecule has 2 aliphatic carbocycles. The Hall–Kier alpha value is -2.04. The van der Waals surface area contributed by atoms with Crippen LogP contribution in [0.25, 0.3) is 11.5 Å². The fourth-order valence-corrected chi connectivity index (χ4v) is 3.75. The van der Waals surface area contributed by atoms with Gasteiger partial charge in [0.1, 0.15) is 5.75 Å². The second kappa shape index (κ2) is 4.23. The zero-order valence-corrected chi connectivity index (χ0v) is 11.1. The Kier molecular flexibility index (Phi) is 2.49. The molecule has 3 atom stereocenters. The van der Waals surface area contributed by atoms with Crippen molar-refractivity contribution in [2.45, 2.75) is 31.6 Å². The summed E-state index contributed by atoms with van der Waals surface area (Å²) in [5.74, 6) is 3.43. The maximum atomic E-state index is 9.45. The molecule has 1 aromatic carbocycles. The molecule has 2 saturated carbocycles. The van der Waals surface area contributed by atoms with E-state index in [0.29, 0.717) is 17.5 Å². The van der Waals surface area contributed by atoms with Crippen LogP contribution in [0.5, 0.6) is 5.75 Å². The highest BCUT2D eigenvalue weighted by Gasteiger charge is 2.42. The van der Waals surface area contributed by atoms with E-state index in [2.05, 4.69) is 10.1 Å². The number of aromatic hydroxyl groups is 1. The van der Waals surface area contributed by atoms with Gasteiger partial charge in [-0.1, -0.05) is 11.6 Å². The summed E-state index contributed by atoms with van der Waals surface area (Å²) in [6.07, 6.45) is 5.17. The first-order valence-corrected chi connectivity index (χ1v) is 7.13. The summed E-state index contributed by atoms with van der Waals surface area (Å²) in [5, 5.41) is 13.6. The Morgan fingerprint density at radius 2 is 2.15 bits per heavy atom. The van der Waals surface area contributed by atoms with Gasteiger partial charge in [0.15, 0.2) is 5.82 Å². The number of nitrogen functional groups attached to an aromatic ring is 1. The van der Waals surface area contributed by atoms with E-state index in [9.17, 15) is 5.11 Å². The zero-order chi connectivity index (χ0) is 13.7. The van der Waals surface area contributed by atoms with Gasteiger partial charge in [-0.3, -0.25) is 0 Å². The number of nitrogens with two attached hydrogens (primary N) is 1. The van der Waals surface area contributed by atoms with Gasteiger partial charge in [0, 0.05) is 11.5 Å². The van der Waals surface area contributed by atoms with Gasteiger partial charge in [0.05, 0.1) is 5.69 Å². The van der Waals surface area contributed by atoms with Crippen LogP contribution in [-0.2, 0) is 0 Å². The topological polar surface area (TPSA) is 85.2 Å². The van der Waals surface area contributed by atoms with Crippen LogP contribution in [0.2, 0.25) is 0 Å². The van der Waals surface area contributed by atoms with Gasteiger partial charge in [-0.15, -0.1) is 0 Å². The van der Waals surface area contributed by atoms with Crippen molar-refractivity contribution in [3.8, 4) is 17.2 Å². The minimum atomic E-state index is 0.0709. The quantitative estimate of drug-likeness (QED) is 0.648. The van der Waals surface area contributed by atoms with E-state index >= 15 is 0 Å². The molecule has 5 nitrogen and oxygen atoms in total. The van der Waals surface area contributed by atoms with Gasteiger partial charge >= 0.3 is 0 Å². The molecule has 0 spiro atoms. The average molecular weight is 271 g/mol. The molecule has 2 fully saturated rings. The van der Waals surface area contributed by atoms with Crippen molar-refractivity contribution in [3.63, 3.8) is 0 Å². The predicted octanol–water partition coefficient (Wildman–Crippen LogP) is 2.93. The van der Waals surface area contributed by atoms with Crippen LogP contribution >= 0.6 is 0 Å². The predicted molar refractivity (Wildman–Crippen MR) is 74.0 cm³/mol. The lowest BCUT2D eigenvalue weighted by Gasteiger charge is -2.17. The van der Waals surface area contributed by atoms with Crippen LogP contribution in [0.3, 0.4) is 0 Å². The van der Waals surface area contributed by atoms with Gasteiger partial charge in [0.25, 0.3) is 5.89 Å². The highest BCUT2D eigenvalue weighted by atomic mass is 16.5. The number of phenolic OH excluding ortho intramolecular Hbond substituents is 1. The molecule has 3 N–H and O–H groups in total. The van der Waals surface area contributed by atoms with Crippen LogP contribution in [-0.4, -0.2) is 15.2 Å². The molecule has 0 amide bonds. The maximum Gasteiger partial charge on any atom is 0.258 e. The van der Waals surface area contributed by atoms with E-state index in [1.807, 2.05) is 0 Å². The maximum absolute atomic E-state index is 9.45. The summed E-state index contributed by atoms with van der Waals surface area (Å²) >= 11 is 0. The molecule has 1 aromatic heterocycles. The Bertz CT molecular complexity index is 652. The number of fused-ring (bicyclic) bond motifs is 2. The standard InChI is InChI=1S/C15H17N3O2/c16-12-7-10(3-4-13(12)19)15-17-14(18-20-15)11-6-8-1-2-9(11)5-8/h3-4,7-9,11,19H,1-2,5-6,16H2. The van der Waals surface area contributed by atoms with Crippen molar-refractivity contribution in [2.24, 2.45) is 11.8 Å². The summed E-state index contributed by atoms with van der Waals surface area (Å²) in [6, 6.07) is 4.95. The summed E-state index contributed by atoms with van der Waals surface area (Å²) in [4.78, 5) is 4.54. The van der Waals surface area contributed by atoms with Crippen LogP contribution in [0, 0.1) is 11.8 Å². The average Bonchev–Trinajstić information content (AvgIpc) is 3.16. The summed E-state index contributed by atoms with van der Waals surface area (Å²) in [5.41, 5.74) is 6.77. The molecule has 3 unspecified atom stereocenters. The van der Waals surface area contributed by atoms with Gasteiger partial charge in [-0.25, -0.2) is 0 Å². The number of nitrogens with zero attached hydrogens (tertiary/aromatic N) is 2. The molecule has 104 valence electrons. The number of phenols is 1. The third-order valence-electron chi connectivity index (χ3n) is 4.79. The van der Waals surface area contributed by atoms with Crippen molar-refractivity contribution >= 4 is 5.69 Å². The third-order valence-corrected chi connectivity index (χ3v) is 4.79. The Morgan fingerprint density at radius 3 is 2.85 bits per heavy atom.